The van der Waals surface area contributed by atoms with Crippen molar-refractivity contribution >= 4 is 34.9 Å². The Morgan fingerprint density at radius 2 is 1.94 bits per heavy atom. The minimum absolute atomic E-state index is 0.138. The number of ether oxygens (including phenoxy) is 1. The zero-order chi connectivity index (χ0) is 35.0. The summed E-state index contributed by atoms with van der Waals surface area (Å²) in [5, 5.41) is 29.6. The summed E-state index contributed by atoms with van der Waals surface area (Å²) in [7, 11) is 1.65. The van der Waals surface area contributed by atoms with Gasteiger partial charge in [-0.3, -0.25) is 14.6 Å². The number of pyridine rings is 1. The molecule has 3 heterocycles. The van der Waals surface area contributed by atoms with Gasteiger partial charge < -0.3 is 14.9 Å². The number of nitriles is 1. The number of benzene rings is 2. The fraction of sp³-hybridized carbons (Fsp3) is 0.425. The molecule has 1 aromatic heterocycles. The first kappa shape index (κ1) is 34.8. The summed E-state index contributed by atoms with van der Waals surface area (Å²) < 4.78 is 5.89. The Bertz CT molecular complexity index is 1870. The highest BCUT2D eigenvalue weighted by Gasteiger charge is 2.52. The van der Waals surface area contributed by atoms with E-state index in [0.717, 1.165) is 70.9 Å². The van der Waals surface area contributed by atoms with Crippen LogP contribution in [0.5, 0.6) is 5.88 Å². The molecule has 2 saturated heterocycles. The third kappa shape index (κ3) is 6.16. The predicted molar refractivity (Wildman–Crippen MR) is 196 cm³/mol. The highest BCUT2D eigenvalue weighted by atomic mass is 35.5. The van der Waals surface area contributed by atoms with Crippen LogP contribution >= 0.6 is 23.4 Å². The second-order valence-corrected chi connectivity index (χ2v) is 15.9. The number of aliphatic carboxylic acids is 1. The average Bonchev–Trinajstić information content (AvgIpc) is 3.77. The Hall–Kier alpha value is -3.65. The topological polar surface area (TPSA) is 110 Å². The van der Waals surface area contributed by atoms with Crippen LogP contribution in [0.15, 0.2) is 77.7 Å². The lowest BCUT2D eigenvalue weighted by atomic mass is 9.66. The van der Waals surface area contributed by atoms with Crippen LogP contribution in [0.25, 0.3) is 5.57 Å². The fourth-order valence-electron chi connectivity index (χ4n) is 8.35. The van der Waals surface area contributed by atoms with Gasteiger partial charge in [0.15, 0.2) is 0 Å². The number of hydrogen-bond donors (Lipinski definition) is 2. The van der Waals surface area contributed by atoms with Crippen molar-refractivity contribution < 1.29 is 19.7 Å². The maximum Gasteiger partial charge on any atom is 0.307 e. The van der Waals surface area contributed by atoms with Gasteiger partial charge in [0, 0.05) is 61.0 Å². The van der Waals surface area contributed by atoms with E-state index in [-0.39, 0.29) is 18.6 Å². The first-order valence-electron chi connectivity index (χ1n) is 17.4. The summed E-state index contributed by atoms with van der Waals surface area (Å²) in [6.07, 6.45) is 8.65. The standard InChI is InChI=1S/C40H43ClN4O4S/c1-39(41)33(27-7-4-3-5-8-27)9-6-17-40(39,36-15-10-28(37(43-36)49-2)22-44-20-26(21-44)24-46)25-50-35-14-12-31-30(32(35)19-42)11-13-34(31)45-18-16-29(23-45)38(47)48/h3-10,12,14-15,17,26,29,34,46H,11,13,16,18,20-25H2,1-2H3,(H,47,48)/t29-,34-,39?,40?/m1/s1. The number of aliphatic hydroxyl groups is 1. The number of halogens is 1. The molecule has 0 spiro atoms. The summed E-state index contributed by atoms with van der Waals surface area (Å²) >= 11 is 9.44. The average molecular weight is 711 g/mol. The van der Waals surface area contributed by atoms with Crippen LogP contribution in [0.2, 0.25) is 0 Å². The molecular formula is C40H43ClN4O4S. The number of carboxylic acid groups (broad SMARTS) is 1. The predicted octanol–water partition coefficient (Wildman–Crippen LogP) is 6.46. The third-order valence-corrected chi connectivity index (χ3v) is 13.1. The van der Waals surface area contributed by atoms with Crippen molar-refractivity contribution in [1.82, 2.24) is 14.8 Å². The normalized spacial score (nSPS) is 26.7. The fourth-order valence-corrected chi connectivity index (χ4v) is 10.2. The maximum absolute atomic E-state index is 11.7. The van der Waals surface area contributed by atoms with Crippen LogP contribution in [0.3, 0.4) is 0 Å². The highest BCUT2D eigenvalue weighted by molar-refractivity contribution is 7.99. The van der Waals surface area contributed by atoms with Gasteiger partial charge in [0.1, 0.15) is 6.07 Å². The van der Waals surface area contributed by atoms with Gasteiger partial charge in [-0.05, 0) is 67.1 Å². The summed E-state index contributed by atoms with van der Waals surface area (Å²) in [4.78, 5) is 21.4. The lowest BCUT2D eigenvalue weighted by Crippen LogP contribution is -2.49. The number of carboxylic acids is 1. The first-order chi connectivity index (χ1) is 24.2. The largest absolute Gasteiger partial charge is 0.481 e. The van der Waals surface area contributed by atoms with Crippen molar-refractivity contribution in [2.24, 2.45) is 11.8 Å². The van der Waals surface area contributed by atoms with Crippen molar-refractivity contribution in [3.05, 3.63) is 106 Å². The van der Waals surface area contributed by atoms with E-state index in [1.165, 1.54) is 0 Å². The molecule has 0 saturated carbocycles. The van der Waals surface area contributed by atoms with E-state index in [4.69, 9.17) is 21.3 Å². The molecule has 2 N–H and O–H groups in total. The van der Waals surface area contributed by atoms with Gasteiger partial charge in [0.05, 0.1) is 34.6 Å². The number of thioether (sulfide) groups is 1. The number of alkyl halides is 1. The van der Waals surface area contributed by atoms with E-state index in [2.05, 4.69) is 77.4 Å². The molecule has 8 nitrogen and oxygen atoms in total. The molecule has 3 aromatic rings. The summed E-state index contributed by atoms with van der Waals surface area (Å²) in [5.74, 6) is 0.334. The number of aliphatic hydroxyl groups excluding tert-OH is 1. The van der Waals surface area contributed by atoms with Crippen molar-refractivity contribution in [2.45, 2.75) is 54.0 Å². The molecule has 0 radical (unpaired) electrons. The van der Waals surface area contributed by atoms with E-state index >= 15 is 0 Å². The monoisotopic (exact) mass is 710 g/mol. The molecule has 2 aliphatic carbocycles. The molecule has 0 amide bonds. The van der Waals surface area contributed by atoms with Crippen LogP contribution in [-0.2, 0) is 23.2 Å². The smallest absolute Gasteiger partial charge is 0.307 e. The van der Waals surface area contributed by atoms with Crippen molar-refractivity contribution in [2.75, 3.05) is 45.6 Å². The number of methoxy groups -OCH3 is 1. The molecule has 260 valence electrons. The Morgan fingerprint density at radius 1 is 1.14 bits per heavy atom. The van der Waals surface area contributed by atoms with Crippen LogP contribution in [0.4, 0.5) is 0 Å². The second kappa shape index (κ2) is 14.2. The zero-order valence-corrected chi connectivity index (χ0v) is 30.1. The van der Waals surface area contributed by atoms with Crippen LogP contribution < -0.4 is 4.74 Å². The zero-order valence-electron chi connectivity index (χ0n) is 28.5. The van der Waals surface area contributed by atoms with Gasteiger partial charge in [-0.2, -0.15) is 5.26 Å². The lowest BCUT2D eigenvalue weighted by Gasteiger charge is -2.46. The maximum atomic E-state index is 11.7. The van der Waals surface area contributed by atoms with Crippen molar-refractivity contribution in [1.29, 1.82) is 5.26 Å². The van der Waals surface area contributed by atoms with Gasteiger partial charge in [-0.15, -0.1) is 23.4 Å². The summed E-state index contributed by atoms with van der Waals surface area (Å²) in [6, 6.07) is 21.2. The molecule has 2 aliphatic heterocycles. The van der Waals surface area contributed by atoms with Crippen molar-refractivity contribution in [3.8, 4) is 11.9 Å². The van der Waals surface area contributed by atoms with E-state index < -0.39 is 16.3 Å². The SMILES string of the molecule is COc1nc(C2(CSc3ccc4c(c3C#N)CC[C@H]4N3CC[C@@H](C(=O)O)C3)C=CC=C(c3ccccc3)C2(C)Cl)ccc1CN1CC(CO)C1. The first-order valence-corrected chi connectivity index (χ1v) is 18.7. The number of aromatic nitrogens is 1. The Kier molecular flexibility index (Phi) is 9.86. The molecule has 10 heteroatoms. The molecule has 7 rings (SSSR count). The number of carbonyl (C=O) groups is 1. The molecule has 4 atom stereocenters. The Labute approximate surface area is 303 Å². The second-order valence-electron chi connectivity index (χ2n) is 14.2. The van der Waals surface area contributed by atoms with Crippen LogP contribution in [-0.4, -0.2) is 81.5 Å². The van der Waals surface area contributed by atoms with Gasteiger partial charge >= 0.3 is 5.97 Å². The van der Waals surface area contributed by atoms with E-state index in [9.17, 15) is 20.3 Å². The van der Waals surface area contributed by atoms with Gasteiger partial charge in [-0.25, -0.2) is 4.98 Å². The minimum atomic E-state index is -0.910. The van der Waals surface area contributed by atoms with Gasteiger partial charge in [0.25, 0.3) is 0 Å². The molecule has 50 heavy (non-hydrogen) atoms. The Balaban J connectivity index is 1.23. The minimum Gasteiger partial charge on any atom is -0.481 e. The quantitative estimate of drug-likeness (QED) is 0.171. The molecule has 0 bridgehead atoms. The highest BCUT2D eigenvalue weighted by Crippen LogP contribution is 2.54. The summed E-state index contributed by atoms with van der Waals surface area (Å²) in [5.41, 5.74) is 5.95. The lowest BCUT2D eigenvalue weighted by molar-refractivity contribution is -0.141. The van der Waals surface area contributed by atoms with Gasteiger partial charge in [0.2, 0.25) is 5.88 Å². The van der Waals surface area contributed by atoms with E-state index in [0.29, 0.717) is 42.6 Å². The van der Waals surface area contributed by atoms with E-state index in [1.807, 2.05) is 18.2 Å². The van der Waals surface area contributed by atoms with Crippen molar-refractivity contribution in [3.63, 3.8) is 0 Å². The van der Waals surface area contributed by atoms with Gasteiger partial charge in [-0.1, -0.05) is 60.7 Å². The number of likely N-dealkylation sites (tertiary alicyclic amines) is 2. The van der Waals surface area contributed by atoms with E-state index in [1.54, 1.807) is 18.9 Å². The molecule has 4 aliphatic rings. The number of nitrogens with zero attached hydrogens (tertiary/aromatic N) is 4. The number of rotatable bonds is 11. The molecule has 2 fully saturated rings. The summed E-state index contributed by atoms with van der Waals surface area (Å²) in [6.45, 7) is 5.96. The molecule has 2 aromatic carbocycles. The Morgan fingerprint density at radius 3 is 2.64 bits per heavy atom. The molecular weight excluding hydrogens is 668 g/mol. The molecule has 2 unspecified atom stereocenters. The number of allylic oxidation sites excluding steroid dienone is 4. The van der Waals surface area contributed by atoms with Crippen LogP contribution in [0, 0.1) is 23.2 Å². The van der Waals surface area contributed by atoms with Crippen LogP contribution in [0.1, 0.15) is 59.3 Å². The number of fused-ring (bicyclic) bond motifs is 1. The third-order valence-electron chi connectivity index (χ3n) is 11.3. The number of hydrogen-bond acceptors (Lipinski definition) is 8.